The first kappa shape index (κ1) is 16.1. The lowest BCUT2D eigenvalue weighted by Crippen LogP contribution is -2.09. The molecule has 2 aromatic rings. The number of ketones is 1. The van der Waals surface area contributed by atoms with Crippen molar-refractivity contribution < 1.29 is 19.2 Å². The molecule has 7 nitrogen and oxygen atoms in total. The maximum Gasteiger partial charge on any atom is 0.377 e. The zero-order valence-corrected chi connectivity index (χ0v) is 12.4. The van der Waals surface area contributed by atoms with Gasteiger partial charge in [-0.05, 0) is 17.7 Å². The molecule has 0 radical (unpaired) electrons. The zero-order chi connectivity index (χ0) is 16.8. The Kier molecular flexibility index (Phi) is 4.96. The summed E-state index contributed by atoms with van der Waals surface area (Å²) in [5.74, 6) is -0.358. The van der Waals surface area contributed by atoms with Crippen molar-refractivity contribution in [3.05, 3.63) is 69.3 Å². The van der Waals surface area contributed by atoms with Crippen LogP contribution in [0.4, 0.5) is 5.69 Å². The fourth-order valence-corrected chi connectivity index (χ4v) is 2.32. The third-order valence-corrected chi connectivity index (χ3v) is 3.31. The summed E-state index contributed by atoms with van der Waals surface area (Å²) < 4.78 is 5.22. The molecule has 0 aliphatic carbocycles. The number of benzene rings is 2. The van der Waals surface area contributed by atoms with Crippen molar-refractivity contribution in [3.63, 3.8) is 0 Å². The van der Waals surface area contributed by atoms with Crippen LogP contribution in [0.15, 0.2) is 42.5 Å². The third-order valence-electron chi connectivity index (χ3n) is 3.31. The first-order valence-corrected chi connectivity index (χ1v) is 6.70. The van der Waals surface area contributed by atoms with Crippen molar-refractivity contribution in [2.45, 2.75) is 6.42 Å². The van der Waals surface area contributed by atoms with Gasteiger partial charge in [-0.25, -0.2) is 0 Å². The smallest absolute Gasteiger partial charge is 0.377 e. The number of carbonyl (C=O) groups is 1. The van der Waals surface area contributed by atoms with E-state index in [-0.39, 0.29) is 17.7 Å². The molecule has 2 aromatic carbocycles. The van der Waals surface area contributed by atoms with Gasteiger partial charge in [-0.15, -0.1) is 0 Å². The molecule has 116 valence electrons. The van der Waals surface area contributed by atoms with Crippen LogP contribution in [0.1, 0.15) is 21.5 Å². The first-order chi connectivity index (χ1) is 11.1. The van der Waals surface area contributed by atoms with Crippen LogP contribution in [-0.4, -0.2) is 28.8 Å². The van der Waals surface area contributed by atoms with Crippen LogP contribution < -0.4 is 4.74 Å². The van der Waals surface area contributed by atoms with Gasteiger partial charge in [0.25, 0.3) is 11.5 Å². The van der Waals surface area contributed by atoms with E-state index in [4.69, 9.17) is 10.3 Å². The second-order valence-corrected chi connectivity index (χ2v) is 4.68. The topological polar surface area (TPSA) is 107 Å². The Labute approximate surface area is 131 Å². The quantitative estimate of drug-likeness (QED) is 0.221. The third kappa shape index (κ3) is 3.48. The number of rotatable bonds is 6. The molecule has 0 saturated heterocycles. The van der Waals surface area contributed by atoms with Gasteiger partial charge in [0.2, 0.25) is 0 Å². The summed E-state index contributed by atoms with van der Waals surface area (Å²) >= 11 is 0. The molecule has 0 fully saturated rings. The number of nitrogens with zero attached hydrogens (tertiary/aromatic N) is 2. The van der Waals surface area contributed by atoms with Crippen LogP contribution in [0, 0.1) is 15.6 Å². The number of nitro groups is 1. The van der Waals surface area contributed by atoms with E-state index in [0.29, 0.717) is 11.3 Å². The Morgan fingerprint density at radius 3 is 2.57 bits per heavy atom. The summed E-state index contributed by atoms with van der Waals surface area (Å²) in [6.45, 7) is 0. The highest BCUT2D eigenvalue weighted by Gasteiger charge is 2.28. The Balaban J connectivity index is 2.65. The Hall–Kier alpha value is -3.31. The molecule has 0 atom stereocenters. The van der Waals surface area contributed by atoms with E-state index in [1.54, 1.807) is 0 Å². The van der Waals surface area contributed by atoms with Gasteiger partial charge in [0, 0.05) is 6.42 Å². The average molecular weight is 312 g/mol. The van der Waals surface area contributed by atoms with E-state index in [0.717, 1.165) is 11.8 Å². The molecular formula is C16H14N3O4+. The van der Waals surface area contributed by atoms with Crippen LogP contribution in [0.25, 0.3) is 0 Å². The maximum atomic E-state index is 12.0. The predicted octanol–water partition coefficient (Wildman–Crippen LogP) is 2.69. The van der Waals surface area contributed by atoms with Gasteiger partial charge < -0.3 is 4.74 Å². The fraction of sp³-hybridized carbons (Fsp3) is 0.125. The summed E-state index contributed by atoms with van der Waals surface area (Å²) in [4.78, 5) is 25.8. The minimum Gasteiger partial charge on any atom is -0.496 e. The number of carbonyl (C=O) groups excluding carboxylic acids is 1. The molecule has 0 unspecified atom stereocenters. The highest BCUT2D eigenvalue weighted by Crippen LogP contribution is 2.34. The molecule has 0 aromatic heterocycles. The van der Waals surface area contributed by atoms with Crippen molar-refractivity contribution in [2.75, 3.05) is 7.11 Å². The first-order valence-electron chi connectivity index (χ1n) is 6.70. The van der Waals surface area contributed by atoms with Crippen molar-refractivity contribution in [1.29, 1.82) is 5.53 Å². The van der Waals surface area contributed by atoms with Gasteiger partial charge in [0.1, 0.15) is 11.3 Å². The van der Waals surface area contributed by atoms with Crippen LogP contribution in [0.2, 0.25) is 0 Å². The van der Waals surface area contributed by atoms with Gasteiger partial charge in [0.05, 0.1) is 27.9 Å². The number of Topliss-reactive ketones (excluding diaryl/α,β-unsaturated/α-hetero) is 1. The molecule has 0 aliphatic heterocycles. The van der Waals surface area contributed by atoms with Crippen LogP contribution in [-0.2, 0) is 6.42 Å². The van der Waals surface area contributed by atoms with Crippen LogP contribution in [0.5, 0.6) is 5.75 Å². The minimum absolute atomic E-state index is 0.113. The summed E-state index contributed by atoms with van der Waals surface area (Å²) in [5, 5.41) is 11.5. The second kappa shape index (κ2) is 7.11. The Morgan fingerprint density at radius 2 is 2.00 bits per heavy atom. The zero-order valence-electron chi connectivity index (χ0n) is 12.4. The largest absolute Gasteiger partial charge is 0.496 e. The number of nitrogens with one attached hydrogen (secondary N) is 1. The number of ether oxygens (including phenoxy) is 1. The van der Waals surface area contributed by atoms with Crippen molar-refractivity contribution in [3.8, 4) is 5.75 Å². The van der Waals surface area contributed by atoms with Crippen molar-refractivity contribution in [2.24, 2.45) is 0 Å². The van der Waals surface area contributed by atoms with E-state index >= 15 is 0 Å². The molecule has 0 amide bonds. The van der Waals surface area contributed by atoms with E-state index in [9.17, 15) is 14.9 Å². The molecule has 2 rings (SSSR count). The number of methoxy groups -OCH3 is 1. The van der Waals surface area contributed by atoms with Gasteiger partial charge in [-0.3, -0.25) is 14.9 Å². The van der Waals surface area contributed by atoms with Gasteiger partial charge in [0.15, 0.2) is 0 Å². The highest BCUT2D eigenvalue weighted by atomic mass is 16.6. The van der Waals surface area contributed by atoms with Gasteiger partial charge in [-0.1, -0.05) is 30.3 Å². The number of nitro benzene ring substituents is 1. The summed E-state index contributed by atoms with van der Waals surface area (Å²) in [6, 6.07) is 12.0. The lowest BCUT2D eigenvalue weighted by molar-refractivity contribution is -0.385. The Morgan fingerprint density at radius 1 is 1.30 bits per heavy atom. The molecule has 1 N–H and O–H groups in total. The fourth-order valence-electron chi connectivity index (χ4n) is 2.32. The van der Waals surface area contributed by atoms with Crippen LogP contribution in [0.3, 0.4) is 0 Å². The predicted molar refractivity (Wildman–Crippen MR) is 82.3 cm³/mol. The normalized spacial score (nSPS) is 9.78. The Bertz CT molecular complexity index is 796. The maximum absolute atomic E-state index is 12.0. The van der Waals surface area contributed by atoms with Crippen LogP contribution >= 0.6 is 0 Å². The summed E-state index contributed by atoms with van der Waals surface area (Å²) in [5.41, 5.74) is 7.46. The van der Waals surface area contributed by atoms with Crippen molar-refractivity contribution in [1.82, 2.24) is 0 Å². The van der Waals surface area contributed by atoms with E-state index in [1.807, 2.05) is 30.3 Å². The summed E-state index contributed by atoms with van der Waals surface area (Å²) in [6.07, 6.45) is 0.987. The molecule has 0 saturated carbocycles. The molecule has 23 heavy (non-hydrogen) atoms. The molecule has 0 spiro atoms. The molecule has 0 heterocycles. The minimum atomic E-state index is -0.691. The van der Waals surface area contributed by atoms with Gasteiger partial charge >= 0.3 is 6.21 Å². The van der Waals surface area contributed by atoms with Gasteiger partial charge in [-0.2, -0.15) is 0 Å². The molecular weight excluding hydrogens is 298 g/mol. The van der Waals surface area contributed by atoms with Crippen molar-refractivity contribution >= 4 is 17.7 Å². The van der Waals surface area contributed by atoms with E-state index < -0.39 is 10.7 Å². The number of hydrogen-bond donors (Lipinski definition) is 1. The highest BCUT2D eigenvalue weighted by molar-refractivity contribution is 6.34. The molecule has 0 aliphatic rings. The summed E-state index contributed by atoms with van der Waals surface area (Å²) in [7, 11) is 1.42. The molecule has 7 heteroatoms. The monoisotopic (exact) mass is 312 g/mol. The second-order valence-electron chi connectivity index (χ2n) is 4.68. The number of hydrogen-bond acceptors (Lipinski definition) is 5. The van der Waals surface area contributed by atoms with E-state index in [1.165, 1.54) is 19.2 Å². The standard InChI is InChI=1S/C16H14N3O4/c1-23-15-8-7-12(14(20)10-18-17)16(19(21)22)13(15)9-11-5-3-2-4-6-11/h2-8,10,17H,9H2,1H3/q+1. The lowest BCUT2D eigenvalue weighted by Gasteiger charge is -2.11. The SMILES string of the molecule is COc1ccc(C(=O)C=[N+]=N)c([N+](=O)[O-])c1Cc1ccccc1. The molecule has 0 bridgehead atoms. The average Bonchev–Trinajstić information content (AvgIpc) is 2.55. The van der Waals surface area contributed by atoms with E-state index in [2.05, 4.69) is 4.79 Å². The lowest BCUT2D eigenvalue weighted by atomic mass is 9.97.